The molecule has 0 unspecified atom stereocenters. The summed E-state index contributed by atoms with van der Waals surface area (Å²) < 4.78 is 1.18. The van der Waals surface area contributed by atoms with Crippen LogP contribution in [0.3, 0.4) is 0 Å². The predicted octanol–water partition coefficient (Wildman–Crippen LogP) is 1.12. The Hall–Kier alpha value is -2.17. The highest BCUT2D eigenvalue weighted by Gasteiger charge is 2.20. The number of benzene rings is 1. The molecular formula is C12H12N2O3. The van der Waals surface area contributed by atoms with Gasteiger partial charge >= 0.3 is 5.97 Å². The lowest BCUT2D eigenvalue weighted by atomic mass is 10.0. The normalized spacial score (nSPS) is 12.6. The van der Waals surface area contributed by atoms with Crippen LogP contribution in [-0.4, -0.2) is 20.9 Å². The molecule has 5 nitrogen and oxygen atoms in total. The molecule has 2 aromatic rings. The van der Waals surface area contributed by atoms with Gasteiger partial charge in [-0.2, -0.15) is 5.10 Å². The number of fused-ring (bicyclic) bond motifs is 1. The lowest BCUT2D eigenvalue weighted by Gasteiger charge is -2.10. The Morgan fingerprint density at radius 3 is 2.53 bits per heavy atom. The van der Waals surface area contributed by atoms with Crippen LogP contribution in [0.1, 0.15) is 18.5 Å². The van der Waals surface area contributed by atoms with Gasteiger partial charge in [-0.15, -0.1) is 0 Å². The minimum Gasteiger partial charge on any atom is -0.481 e. The van der Waals surface area contributed by atoms with Gasteiger partial charge in [0.2, 0.25) is 0 Å². The molecule has 0 radical (unpaired) electrons. The summed E-state index contributed by atoms with van der Waals surface area (Å²) in [6.45, 7) is 1.56. The highest BCUT2D eigenvalue weighted by atomic mass is 16.4. The van der Waals surface area contributed by atoms with E-state index in [-0.39, 0.29) is 5.56 Å². The maximum Gasteiger partial charge on any atom is 0.312 e. The molecule has 0 amide bonds. The zero-order chi connectivity index (χ0) is 12.6. The lowest BCUT2D eigenvalue weighted by Crippen LogP contribution is -2.23. The quantitative estimate of drug-likeness (QED) is 0.842. The van der Waals surface area contributed by atoms with Gasteiger partial charge < -0.3 is 5.11 Å². The van der Waals surface area contributed by atoms with Crippen molar-refractivity contribution in [3.8, 4) is 0 Å². The van der Waals surface area contributed by atoms with Crippen LogP contribution in [-0.2, 0) is 11.8 Å². The molecule has 1 atom stereocenters. The van der Waals surface area contributed by atoms with Gasteiger partial charge in [0.05, 0.1) is 17.0 Å². The van der Waals surface area contributed by atoms with Crippen LogP contribution >= 0.6 is 0 Å². The smallest absolute Gasteiger partial charge is 0.312 e. The highest BCUT2D eigenvalue weighted by molar-refractivity contribution is 5.88. The number of rotatable bonds is 2. The van der Waals surface area contributed by atoms with Gasteiger partial charge in [-0.3, -0.25) is 9.59 Å². The standard InChI is InChI=1S/C12H12N2O3/c1-7(12(16)17)10-8-5-3-4-6-9(8)11(15)14(2)13-10/h3-7H,1-2H3,(H,16,17)/t7-/m1/s1. The van der Waals surface area contributed by atoms with Crippen molar-refractivity contribution in [2.24, 2.45) is 7.05 Å². The average molecular weight is 232 g/mol. The third kappa shape index (κ3) is 1.80. The van der Waals surface area contributed by atoms with Gasteiger partial charge in [-0.05, 0) is 13.0 Å². The van der Waals surface area contributed by atoms with Crippen molar-refractivity contribution in [3.05, 3.63) is 40.3 Å². The summed E-state index contributed by atoms with van der Waals surface area (Å²) in [4.78, 5) is 22.8. The van der Waals surface area contributed by atoms with E-state index in [4.69, 9.17) is 5.11 Å². The molecule has 0 spiro atoms. The zero-order valence-corrected chi connectivity index (χ0v) is 9.54. The minimum atomic E-state index is -0.957. The van der Waals surface area contributed by atoms with E-state index in [1.54, 1.807) is 31.2 Å². The predicted molar refractivity (Wildman–Crippen MR) is 63.0 cm³/mol. The summed E-state index contributed by atoms with van der Waals surface area (Å²) >= 11 is 0. The van der Waals surface area contributed by atoms with Crippen molar-refractivity contribution in [1.82, 2.24) is 9.78 Å². The number of hydrogen-bond acceptors (Lipinski definition) is 3. The molecule has 1 N–H and O–H groups in total. The number of aromatic nitrogens is 2. The largest absolute Gasteiger partial charge is 0.481 e. The van der Waals surface area contributed by atoms with Gasteiger partial charge in [0.15, 0.2) is 0 Å². The Bertz CT molecular complexity index is 646. The maximum atomic E-state index is 11.8. The van der Waals surface area contributed by atoms with E-state index in [0.717, 1.165) is 0 Å². The monoisotopic (exact) mass is 232 g/mol. The van der Waals surface area contributed by atoms with Gasteiger partial charge in [-0.1, -0.05) is 18.2 Å². The summed E-state index contributed by atoms with van der Waals surface area (Å²) in [7, 11) is 1.52. The number of aliphatic carboxylic acids is 1. The molecule has 0 saturated heterocycles. The second-order valence-electron chi connectivity index (χ2n) is 3.92. The molecule has 17 heavy (non-hydrogen) atoms. The first kappa shape index (κ1) is 11.3. The van der Waals surface area contributed by atoms with Crippen molar-refractivity contribution < 1.29 is 9.90 Å². The summed E-state index contributed by atoms with van der Waals surface area (Å²) in [5.74, 6) is -1.70. The van der Waals surface area contributed by atoms with Crippen molar-refractivity contribution in [2.45, 2.75) is 12.8 Å². The van der Waals surface area contributed by atoms with Gasteiger partial charge in [0, 0.05) is 12.4 Å². The van der Waals surface area contributed by atoms with Crippen LogP contribution in [0.15, 0.2) is 29.1 Å². The molecule has 0 aliphatic rings. The Labute approximate surface area is 97.3 Å². The average Bonchev–Trinajstić information content (AvgIpc) is 2.33. The van der Waals surface area contributed by atoms with E-state index in [1.165, 1.54) is 11.7 Å². The molecule has 0 fully saturated rings. The van der Waals surface area contributed by atoms with Crippen LogP contribution in [0.5, 0.6) is 0 Å². The Kier molecular flexibility index (Phi) is 2.67. The fourth-order valence-electron chi connectivity index (χ4n) is 1.76. The molecule has 1 aromatic carbocycles. The SMILES string of the molecule is C[C@@H](C(=O)O)c1nn(C)c(=O)c2ccccc12. The number of nitrogens with zero attached hydrogens (tertiary/aromatic N) is 2. The van der Waals surface area contributed by atoms with E-state index < -0.39 is 11.9 Å². The van der Waals surface area contributed by atoms with Crippen LogP contribution in [0.25, 0.3) is 10.8 Å². The lowest BCUT2D eigenvalue weighted by molar-refractivity contribution is -0.138. The molecule has 5 heteroatoms. The Morgan fingerprint density at radius 1 is 1.35 bits per heavy atom. The van der Waals surface area contributed by atoms with Crippen molar-refractivity contribution >= 4 is 16.7 Å². The molecular weight excluding hydrogens is 220 g/mol. The first-order valence-corrected chi connectivity index (χ1v) is 5.21. The fourth-order valence-corrected chi connectivity index (χ4v) is 1.76. The van der Waals surface area contributed by atoms with E-state index in [0.29, 0.717) is 16.5 Å². The maximum absolute atomic E-state index is 11.8. The zero-order valence-electron chi connectivity index (χ0n) is 9.54. The number of carboxylic acid groups (broad SMARTS) is 1. The van der Waals surface area contributed by atoms with Gasteiger partial charge in [-0.25, -0.2) is 4.68 Å². The topological polar surface area (TPSA) is 72.2 Å². The van der Waals surface area contributed by atoms with Crippen molar-refractivity contribution in [1.29, 1.82) is 0 Å². The van der Waals surface area contributed by atoms with E-state index in [9.17, 15) is 9.59 Å². The van der Waals surface area contributed by atoms with E-state index >= 15 is 0 Å². The molecule has 0 aliphatic heterocycles. The molecule has 2 rings (SSSR count). The number of carboxylic acids is 1. The second-order valence-corrected chi connectivity index (χ2v) is 3.92. The summed E-state index contributed by atoms with van der Waals surface area (Å²) in [5.41, 5.74) is 0.192. The van der Waals surface area contributed by atoms with Crippen molar-refractivity contribution in [2.75, 3.05) is 0 Å². The van der Waals surface area contributed by atoms with E-state index in [2.05, 4.69) is 5.10 Å². The molecule has 1 aromatic heterocycles. The van der Waals surface area contributed by atoms with Crippen LogP contribution in [0, 0.1) is 0 Å². The minimum absolute atomic E-state index is 0.220. The first-order chi connectivity index (χ1) is 8.02. The molecule has 0 bridgehead atoms. The van der Waals surface area contributed by atoms with Crippen LogP contribution in [0.2, 0.25) is 0 Å². The van der Waals surface area contributed by atoms with Crippen molar-refractivity contribution in [3.63, 3.8) is 0 Å². The van der Waals surface area contributed by atoms with Crippen LogP contribution < -0.4 is 5.56 Å². The number of aryl methyl sites for hydroxylation is 1. The third-order valence-corrected chi connectivity index (χ3v) is 2.77. The van der Waals surface area contributed by atoms with Crippen LogP contribution in [0.4, 0.5) is 0 Å². The third-order valence-electron chi connectivity index (χ3n) is 2.77. The summed E-state index contributed by atoms with van der Waals surface area (Å²) in [5, 5.41) is 14.2. The molecule has 1 heterocycles. The highest BCUT2D eigenvalue weighted by Crippen LogP contribution is 2.21. The number of hydrogen-bond donors (Lipinski definition) is 1. The summed E-state index contributed by atoms with van der Waals surface area (Å²) in [6, 6.07) is 6.91. The molecule has 0 aliphatic carbocycles. The first-order valence-electron chi connectivity index (χ1n) is 5.21. The Morgan fingerprint density at radius 2 is 1.94 bits per heavy atom. The second kappa shape index (κ2) is 4.01. The van der Waals surface area contributed by atoms with Gasteiger partial charge in [0.25, 0.3) is 5.56 Å². The van der Waals surface area contributed by atoms with Gasteiger partial charge in [0.1, 0.15) is 0 Å². The number of carbonyl (C=O) groups is 1. The molecule has 0 saturated carbocycles. The van der Waals surface area contributed by atoms with E-state index in [1.807, 2.05) is 0 Å². The summed E-state index contributed by atoms with van der Waals surface area (Å²) in [6.07, 6.45) is 0. The fraction of sp³-hybridized carbons (Fsp3) is 0.250. The molecule has 88 valence electrons. The Balaban J connectivity index is 2.85.